The third kappa shape index (κ3) is 1.71. The maximum absolute atomic E-state index is 11.1. The lowest BCUT2D eigenvalue weighted by Gasteiger charge is -2.08. The van der Waals surface area contributed by atoms with Crippen LogP contribution in [0.3, 0.4) is 0 Å². The zero-order valence-electron chi connectivity index (χ0n) is 7.24. The van der Waals surface area contributed by atoms with Gasteiger partial charge in [-0.25, -0.2) is 0 Å². The molecule has 64 valence electrons. The van der Waals surface area contributed by atoms with E-state index in [9.17, 15) is 9.90 Å². The molecule has 0 radical (unpaired) electrons. The van der Waals surface area contributed by atoms with Gasteiger partial charge in [0.2, 0.25) is 0 Å². The van der Waals surface area contributed by atoms with Gasteiger partial charge in [-0.2, -0.15) is 0 Å². The fraction of sp³-hybridized carbons (Fsp3) is 0.300. The Morgan fingerprint density at radius 1 is 1.42 bits per heavy atom. The van der Waals surface area contributed by atoms with Crippen LogP contribution < -0.4 is 0 Å². The van der Waals surface area contributed by atoms with Crippen molar-refractivity contribution in [3.8, 4) is 0 Å². The number of benzene rings is 1. The Kier molecular flexibility index (Phi) is 2.61. The molecule has 0 saturated carbocycles. The standard InChI is InChI=1S/C10H12O2/c1-7(11)9-5-3-4-6-10(9)8(2)12/h3-7,11H,1-2H3. The molecule has 0 aliphatic rings. The van der Waals surface area contributed by atoms with Crippen molar-refractivity contribution in [2.45, 2.75) is 20.0 Å². The van der Waals surface area contributed by atoms with Gasteiger partial charge in [0.1, 0.15) is 0 Å². The Hall–Kier alpha value is -1.15. The van der Waals surface area contributed by atoms with Gasteiger partial charge in [-0.15, -0.1) is 0 Å². The molecule has 1 unspecified atom stereocenters. The van der Waals surface area contributed by atoms with E-state index in [1.807, 2.05) is 6.07 Å². The fourth-order valence-electron chi connectivity index (χ4n) is 1.18. The molecule has 2 heteroatoms. The largest absolute Gasteiger partial charge is 0.389 e. The predicted octanol–water partition coefficient (Wildman–Crippen LogP) is 1.94. The van der Waals surface area contributed by atoms with Crippen molar-refractivity contribution in [2.75, 3.05) is 0 Å². The molecule has 2 nitrogen and oxygen atoms in total. The molecular weight excluding hydrogens is 152 g/mol. The number of carbonyl (C=O) groups is 1. The molecule has 0 bridgehead atoms. The monoisotopic (exact) mass is 164 g/mol. The van der Waals surface area contributed by atoms with E-state index in [-0.39, 0.29) is 5.78 Å². The SMILES string of the molecule is CC(=O)c1ccccc1C(C)O. The van der Waals surface area contributed by atoms with E-state index in [4.69, 9.17) is 0 Å². The second-order valence-electron chi connectivity index (χ2n) is 2.82. The first-order valence-electron chi connectivity index (χ1n) is 3.91. The fourth-order valence-corrected chi connectivity index (χ4v) is 1.18. The van der Waals surface area contributed by atoms with E-state index >= 15 is 0 Å². The average molecular weight is 164 g/mol. The molecule has 0 spiro atoms. The molecule has 0 heterocycles. The number of carbonyl (C=O) groups excluding carboxylic acids is 1. The second kappa shape index (κ2) is 3.50. The normalized spacial score (nSPS) is 12.6. The minimum Gasteiger partial charge on any atom is -0.389 e. The van der Waals surface area contributed by atoms with Crippen LogP contribution in [0, 0.1) is 0 Å². The van der Waals surface area contributed by atoms with Crippen LogP contribution in [0.1, 0.15) is 35.9 Å². The number of hydrogen-bond donors (Lipinski definition) is 1. The lowest BCUT2D eigenvalue weighted by molar-refractivity contribution is 0.101. The zero-order valence-corrected chi connectivity index (χ0v) is 7.24. The first-order chi connectivity index (χ1) is 5.63. The number of ketones is 1. The van der Waals surface area contributed by atoms with Crippen LogP contribution in [-0.4, -0.2) is 10.9 Å². The molecule has 12 heavy (non-hydrogen) atoms. The number of aliphatic hydroxyl groups excluding tert-OH is 1. The summed E-state index contributed by atoms with van der Waals surface area (Å²) in [7, 11) is 0. The van der Waals surface area contributed by atoms with E-state index in [0.717, 1.165) is 0 Å². The van der Waals surface area contributed by atoms with Crippen molar-refractivity contribution in [1.29, 1.82) is 0 Å². The predicted molar refractivity (Wildman–Crippen MR) is 47.1 cm³/mol. The van der Waals surface area contributed by atoms with Crippen molar-refractivity contribution in [3.63, 3.8) is 0 Å². The summed E-state index contributed by atoms with van der Waals surface area (Å²) in [6, 6.07) is 7.10. The van der Waals surface area contributed by atoms with Gasteiger partial charge in [0.05, 0.1) is 6.10 Å². The first kappa shape index (κ1) is 8.94. The highest BCUT2D eigenvalue weighted by molar-refractivity contribution is 5.95. The van der Waals surface area contributed by atoms with Crippen LogP contribution in [0.4, 0.5) is 0 Å². The molecule has 0 aliphatic carbocycles. The van der Waals surface area contributed by atoms with Gasteiger partial charge in [0.15, 0.2) is 5.78 Å². The van der Waals surface area contributed by atoms with Crippen LogP contribution in [0.15, 0.2) is 24.3 Å². The third-order valence-electron chi connectivity index (χ3n) is 1.79. The number of hydrogen-bond acceptors (Lipinski definition) is 2. The van der Waals surface area contributed by atoms with Gasteiger partial charge < -0.3 is 5.11 Å². The van der Waals surface area contributed by atoms with Crippen molar-refractivity contribution in [3.05, 3.63) is 35.4 Å². The van der Waals surface area contributed by atoms with Gasteiger partial charge in [0.25, 0.3) is 0 Å². The Balaban J connectivity index is 3.17. The van der Waals surface area contributed by atoms with Crippen molar-refractivity contribution in [2.24, 2.45) is 0 Å². The molecular formula is C10H12O2. The van der Waals surface area contributed by atoms with Gasteiger partial charge in [-0.1, -0.05) is 24.3 Å². The molecule has 0 aliphatic heterocycles. The zero-order chi connectivity index (χ0) is 9.14. The van der Waals surface area contributed by atoms with Gasteiger partial charge >= 0.3 is 0 Å². The lowest BCUT2D eigenvalue weighted by atomic mass is 10.0. The lowest BCUT2D eigenvalue weighted by Crippen LogP contribution is -2.01. The Morgan fingerprint density at radius 2 is 2.00 bits per heavy atom. The van der Waals surface area contributed by atoms with Crippen molar-refractivity contribution in [1.82, 2.24) is 0 Å². The maximum Gasteiger partial charge on any atom is 0.160 e. The Labute approximate surface area is 71.8 Å². The third-order valence-corrected chi connectivity index (χ3v) is 1.79. The number of aliphatic hydroxyl groups is 1. The summed E-state index contributed by atoms with van der Waals surface area (Å²) < 4.78 is 0. The highest BCUT2D eigenvalue weighted by Gasteiger charge is 2.09. The molecule has 1 aromatic rings. The molecule has 0 saturated heterocycles. The molecule has 1 atom stereocenters. The summed E-state index contributed by atoms with van der Waals surface area (Å²) in [5.41, 5.74) is 1.30. The van der Waals surface area contributed by atoms with E-state index in [0.29, 0.717) is 11.1 Å². The van der Waals surface area contributed by atoms with Crippen LogP contribution in [-0.2, 0) is 0 Å². The van der Waals surface area contributed by atoms with Gasteiger partial charge in [-0.05, 0) is 19.4 Å². The minimum absolute atomic E-state index is 0.00787. The summed E-state index contributed by atoms with van der Waals surface area (Å²) in [5, 5.41) is 9.30. The molecule has 1 rings (SSSR count). The quantitative estimate of drug-likeness (QED) is 0.678. The van der Waals surface area contributed by atoms with Gasteiger partial charge in [-0.3, -0.25) is 4.79 Å². The Morgan fingerprint density at radius 3 is 2.42 bits per heavy atom. The first-order valence-corrected chi connectivity index (χ1v) is 3.91. The van der Waals surface area contributed by atoms with Gasteiger partial charge in [0, 0.05) is 5.56 Å². The number of rotatable bonds is 2. The number of Topliss-reactive ketones (excluding diaryl/α,β-unsaturated/α-hetero) is 1. The Bertz CT molecular complexity index is 290. The molecule has 1 N–H and O–H groups in total. The molecule has 0 fully saturated rings. The van der Waals surface area contributed by atoms with E-state index in [1.54, 1.807) is 25.1 Å². The summed E-state index contributed by atoms with van der Waals surface area (Å²) in [5.74, 6) is -0.00787. The molecule has 1 aromatic carbocycles. The summed E-state index contributed by atoms with van der Waals surface area (Å²) in [4.78, 5) is 11.1. The average Bonchev–Trinajstić information content (AvgIpc) is 2.04. The summed E-state index contributed by atoms with van der Waals surface area (Å²) >= 11 is 0. The highest BCUT2D eigenvalue weighted by Crippen LogP contribution is 2.17. The van der Waals surface area contributed by atoms with E-state index in [2.05, 4.69) is 0 Å². The van der Waals surface area contributed by atoms with Crippen LogP contribution >= 0.6 is 0 Å². The topological polar surface area (TPSA) is 37.3 Å². The van der Waals surface area contributed by atoms with Crippen LogP contribution in [0.2, 0.25) is 0 Å². The maximum atomic E-state index is 11.1. The smallest absolute Gasteiger partial charge is 0.160 e. The highest BCUT2D eigenvalue weighted by atomic mass is 16.3. The van der Waals surface area contributed by atoms with E-state index < -0.39 is 6.10 Å². The van der Waals surface area contributed by atoms with Crippen molar-refractivity contribution < 1.29 is 9.90 Å². The van der Waals surface area contributed by atoms with Crippen LogP contribution in [0.25, 0.3) is 0 Å². The molecule has 0 amide bonds. The van der Waals surface area contributed by atoms with Crippen LogP contribution in [0.5, 0.6) is 0 Å². The summed E-state index contributed by atoms with van der Waals surface area (Å²) in [6.07, 6.45) is -0.579. The summed E-state index contributed by atoms with van der Waals surface area (Å²) in [6.45, 7) is 3.16. The van der Waals surface area contributed by atoms with E-state index in [1.165, 1.54) is 6.92 Å². The molecule has 0 aromatic heterocycles. The van der Waals surface area contributed by atoms with Crippen molar-refractivity contribution >= 4 is 5.78 Å². The minimum atomic E-state index is -0.579. The second-order valence-corrected chi connectivity index (χ2v) is 2.82.